The molecule has 1 aromatic carbocycles. The molecular weight excluding hydrogens is 212 g/mol. The van der Waals surface area contributed by atoms with Crippen LogP contribution in [0.2, 0.25) is 0 Å². The number of aliphatic hydroxyl groups is 1. The minimum Gasteiger partial charge on any atom is -0.395 e. The van der Waals surface area contributed by atoms with Crippen molar-refractivity contribution in [1.82, 2.24) is 0 Å². The third-order valence-electron chi connectivity index (χ3n) is 3.81. The van der Waals surface area contributed by atoms with Crippen LogP contribution in [0, 0.1) is 12.3 Å². The maximum atomic E-state index is 12.4. The number of rotatable bonds is 4. The van der Waals surface area contributed by atoms with Gasteiger partial charge in [-0.15, -0.1) is 0 Å². The van der Waals surface area contributed by atoms with E-state index in [1.165, 1.54) is 5.56 Å². The van der Waals surface area contributed by atoms with E-state index in [4.69, 9.17) is 0 Å². The van der Waals surface area contributed by atoms with Crippen molar-refractivity contribution in [1.29, 1.82) is 0 Å². The molecule has 2 rings (SSSR count). The van der Waals surface area contributed by atoms with Crippen LogP contribution < -0.4 is 0 Å². The van der Waals surface area contributed by atoms with Gasteiger partial charge in [-0.2, -0.15) is 0 Å². The van der Waals surface area contributed by atoms with Crippen molar-refractivity contribution in [2.45, 2.75) is 39.5 Å². The van der Waals surface area contributed by atoms with Gasteiger partial charge in [-0.1, -0.05) is 26.0 Å². The molecule has 0 amide bonds. The summed E-state index contributed by atoms with van der Waals surface area (Å²) in [6.45, 7) is 6.19. The Morgan fingerprint density at radius 1 is 1.41 bits per heavy atom. The van der Waals surface area contributed by atoms with E-state index in [-0.39, 0.29) is 12.4 Å². The molecule has 2 heteroatoms. The predicted molar refractivity (Wildman–Crippen MR) is 68.4 cm³/mol. The summed E-state index contributed by atoms with van der Waals surface area (Å²) in [7, 11) is 0. The van der Waals surface area contributed by atoms with Crippen LogP contribution in [-0.4, -0.2) is 17.5 Å². The predicted octanol–water partition coefficient (Wildman–Crippen LogP) is 3.07. The van der Waals surface area contributed by atoms with Crippen molar-refractivity contribution in [3.8, 4) is 0 Å². The number of hydrogen-bond acceptors (Lipinski definition) is 2. The average Bonchev–Trinajstić information content (AvgIpc) is 3.09. The van der Waals surface area contributed by atoms with Gasteiger partial charge >= 0.3 is 0 Å². The summed E-state index contributed by atoms with van der Waals surface area (Å²) in [4.78, 5) is 12.4. The highest BCUT2D eigenvalue weighted by atomic mass is 16.3. The first-order chi connectivity index (χ1) is 8.00. The van der Waals surface area contributed by atoms with E-state index in [1.807, 2.05) is 19.1 Å². The number of aryl methyl sites for hydroxylation is 1. The van der Waals surface area contributed by atoms with Crippen LogP contribution >= 0.6 is 0 Å². The standard InChI is InChI=1S/C15H20O2/c1-10(2)12-5-4-11(3)13(8-12)14(17)15(9-16)6-7-15/h4-5,8,10,16H,6-7,9H2,1-3H3. The number of aliphatic hydroxyl groups excluding tert-OH is 1. The minimum atomic E-state index is -0.458. The number of carbonyl (C=O) groups excluding carboxylic acids is 1. The monoisotopic (exact) mass is 232 g/mol. The van der Waals surface area contributed by atoms with Crippen molar-refractivity contribution in [3.63, 3.8) is 0 Å². The topological polar surface area (TPSA) is 37.3 Å². The normalized spacial score (nSPS) is 17.2. The number of benzene rings is 1. The first kappa shape index (κ1) is 12.3. The van der Waals surface area contributed by atoms with Gasteiger partial charge < -0.3 is 5.11 Å². The second-order valence-corrected chi connectivity index (χ2v) is 5.50. The molecule has 0 atom stereocenters. The molecule has 0 aromatic heterocycles. The van der Waals surface area contributed by atoms with Gasteiger partial charge in [0, 0.05) is 5.56 Å². The summed E-state index contributed by atoms with van der Waals surface area (Å²) in [5, 5.41) is 9.34. The molecule has 0 saturated heterocycles. The van der Waals surface area contributed by atoms with E-state index in [9.17, 15) is 9.90 Å². The first-order valence-electron chi connectivity index (χ1n) is 6.26. The highest BCUT2D eigenvalue weighted by Gasteiger charge is 2.49. The minimum absolute atomic E-state index is 0.0167. The Bertz CT molecular complexity index is 442. The van der Waals surface area contributed by atoms with Crippen molar-refractivity contribution in [2.24, 2.45) is 5.41 Å². The van der Waals surface area contributed by atoms with Gasteiger partial charge in [0.15, 0.2) is 5.78 Å². The molecule has 92 valence electrons. The van der Waals surface area contributed by atoms with Gasteiger partial charge in [-0.05, 0) is 42.9 Å². The number of hydrogen-bond donors (Lipinski definition) is 1. The second kappa shape index (κ2) is 4.26. The molecule has 1 N–H and O–H groups in total. The smallest absolute Gasteiger partial charge is 0.171 e. The Morgan fingerprint density at radius 2 is 2.06 bits per heavy atom. The van der Waals surface area contributed by atoms with Crippen LogP contribution in [0.15, 0.2) is 18.2 Å². The summed E-state index contributed by atoms with van der Waals surface area (Å²) in [5.41, 5.74) is 2.54. The Kier molecular flexibility index (Phi) is 3.09. The van der Waals surface area contributed by atoms with Gasteiger partial charge in [0.05, 0.1) is 12.0 Å². The van der Waals surface area contributed by atoms with Crippen LogP contribution in [0.5, 0.6) is 0 Å². The Morgan fingerprint density at radius 3 is 2.53 bits per heavy atom. The fraction of sp³-hybridized carbons (Fsp3) is 0.533. The molecule has 2 nitrogen and oxygen atoms in total. The second-order valence-electron chi connectivity index (χ2n) is 5.50. The lowest BCUT2D eigenvalue weighted by molar-refractivity contribution is 0.0829. The highest BCUT2D eigenvalue weighted by Crippen LogP contribution is 2.48. The van der Waals surface area contributed by atoms with Gasteiger partial charge in [-0.3, -0.25) is 4.79 Å². The van der Waals surface area contributed by atoms with Gasteiger partial charge in [0.25, 0.3) is 0 Å². The van der Waals surface area contributed by atoms with Crippen molar-refractivity contribution in [2.75, 3.05) is 6.61 Å². The molecule has 17 heavy (non-hydrogen) atoms. The maximum Gasteiger partial charge on any atom is 0.171 e. The highest BCUT2D eigenvalue weighted by molar-refractivity contribution is 6.03. The largest absolute Gasteiger partial charge is 0.395 e. The quantitative estimate of drug-likeness (QED) is 0.810. The lowest BCUT2D eigenvalue weighted by Gasteiger charge is -2.15. The lowest BCUT2D eigenvalue weighted by atomic mass is 9.89. The van der Waals surface area contributed by atoms with E-state index in [1.54, 1.807) is 0 Å². The molecule has 0 aliphatic heterocycles. The Balaban J connectivity index is 2.37. The Hall–Kier alpha value is -1.15. The summed E-state index contributed by atoms with van der Waals surface area (Å²) >= 11 is 0. The molecule has 1 aliphatic carbocycles. The molecule has 1 saturated carbocycles. The molecule has 1 aromatic rings. The maximum absolute atomic E-state index is 12.4. The van der Waals surface area contributed by atoms with E-state index in [2.05, 4.69) is 19.9 Å². The molecular formula is C15H20O2. The van der Waals surface area contributed by atoms with E-state index >= 15 is 0 Å². The molecule has 1 aliphatic rings. The zero-order valence-electron chi connectivity index (χ0n) is 10.8. The molecule has 0 bridgehead atoms. The SMILES string of the molecule is Cc1ccc(C(C)C)cc1C(=O)C1(CO)CC1. The third-order valence-corrected chi connectivity index (χ3v) is 3.81. The van der Waals surface area contributed by atoms with E-state index in [0.717, 1.165) is 24.0 Å². The van der Waals surface area contributed by atoms with Crippen LogP contribution in [0.3, 0.4) is 0 Å². The van der Waals surface area contributed by atoms with Crippen molar-refractivity contribution in [3.05, 3.63) is 34.9 Å². The fourth-order valence-corrected chi connectivity index (χ4v) is 2.14. The number of ketones is 1. The van der Waals surface area contributed by atoms with E-state index < -0.39 is 5.41 Å². The zero-order chi connectivity index (χ0) is 12.6. The number of carbonyl (C=O) groups is 1. The van der Waals surface area contributed by atoms with Gasteiger partial charge in [-0.25, -0.2) is 0 Å². The molecule has 0 radical (unpaired) electrons. The van der Waals surface area contributed by atoms with Crippen LogP contribution in [-0.2, 0) is 0 Å². The average molecular weight is 232 g/mol. The van der Waals surface area contributed by atoms with Crippen LogP contribution in [0.25, 0.3) is 0 Å². The van der Waals surface area contributed by atoms with Crippen LogP contribution in [0.1, 0.15) is 54.1 Å². The summed E-state index contributed by atoms with van der Waals surface area (Å²) in [5.74, 6) is 0.548. The molecule has 0 spiro atoms. The zero-order valence-corrected chi connectivity index (χ0v) is 10.8. The molecule has 0 unspecified atom stereocenters. The van der Waals surface area contributed by atoms with Gasteiger partial charge in [0.1, 0.15) is 0 Å². The van der Waals surface area contributed by atoms with E-state index in [0.29, 0.717) is 5.92 Å². The van der Waals surface area contributed by atoms with Crippen molar-refractivity contribution < 1.29 is 9.90 Å². The third kappa shape index (κ3) is 2.14. The lowest BCUT2D eigenvalue weighted by Crippen LogP contribution is -2.21. The van der Waals surface area contributed by atoms with Crippen molar-refractivity contribution >= 4 is 5.78 Å². The van der Waals surface area contributed by atoms with Crippen LogP contribution in [0.4, 0.5) is 0 Å². The van der Waals surface area contributed by atoms with Gasteiger partial charge in [0.2, 0.25) is 0 Å². The fourth-order valence-electron chi connectivity index (χ4n) is 2.14. The summed E-state index contributed by atoms with van der Waals surface area (Å²) in [6, 6.07) is 6.09. The molecule has 0 heterocycles. The molecule has 1 fully saturated rings. The Labute approximate surface area is 103 Å². The first-order valence-corrected chi connectivity index (χ1v) is 6.26. The number of Topliss-reactive ketones (excluding diaryl/α,β-unsaturated/α-hetero) is 1. The summed E-state index contributed by atoms with van der Waals surface area (Å²) < 4.78 is 0. The summed E-state index contributed by atoms with van der Waals surface area (Å²) in [6.07, 6.45) is 1.65.